The minimum absolute atomic E-state index is 0.0415. The highest BCUT2D eigenvalue weighted by atomic mass is 32.2. The second-order valence-electron chi connectivity index (χ2n) is 6.68. The van der Waals surface area contributed by atoms with E-state index in [1.807, 2.05) is 6.92 Å². The fourth-order valence-electron chi connectivity index (χ4n) is 2.85. The van der Waals surface area contributed by atoms with Crippen molar-refractivity contribution in [3.63, 3.8) is 0 Å². The number of sulfonamides is 1. The number of rotatable bonds is 8. The zero-order valence-corrected chi connectivity index (χ0v) is 17.0. The Labute approximate surface area is 164 Å². The van der Waals surface area contributed by atoms with Crippen molar-refractivity contribution in [2.45, 2.75) is 37.3 Å². The Balaban J connectivity index is 2.10. The number of ether oxygens (including phenoxy) is 2. The van der Waals surface area contributed by atoms with Gasteiger partial charge in [-0.15, -0.1) is 0 Å². The third-order valence-electron chi connectivity index (χ3n) is 4.56. The van der Waals surface area contributed by atoms with E-state index < -0.39 is 40.7 Å². The van der Waals surface area contributed by atoms with Gasteiger partial charge >= 0.3 is 5.97 Å². The number of nitrogens with one attached hydrogen (secondary N) is 1. The van der Waals surface area contributed by atoms with Gasteiger partial charge in [0.05, 0.1) is 17.6 Å². The number of aryl methyl sites for hydroxylation is 2. The molecule has 28 heavy (non-hydrogen) atoms. The number of methoxy groups -OCH3 is 1. The summed E-state index contributed by atoms with van der Waals surface area (Å²) >= 11 is 0. The molecule has 2 atom stereocenters. The van der Waals surface area contributed by atoms with Crippen molar-refractivity contribution in [3.8, 4) is 0 Å². The molecule has 1 saturated heterocycles. The molecule has 2 N–H and O–H groups in total. The van der Waals surface area contributed by atoms with E-state index in [9.17, 15) is 23.1 Å². The van der Waals surface area contributed by atoms with Crippen LogP contribution in [0.25, 0.3) is 0 Å². The van der Waals surface area contributed by atoms with Gasteiger partial charge in [-0.2, -0.15) is 4.31 Å². The van der Waals surface area contributed by atoms with Gasteiger partial charge in [-0.1, -0.05) is 6.07 Å². The molecule has 1 heterocycles. The molecule has 10 heteroatoms. The van der Waals surface area contributed by atoms with Crippen LogP contribution in [0.4, 0.5) is 0 Å². The summed E-state index contributed by atoms with van der Waals surface area (Å²) in [7, 11) is -2.52. The van der Waals surface area contributed by atoms with E-state index in [0.717, 1.165) is 15.4 Å². The van der Waals surface area contributed by atoms with E-state index >= 15 is 0 Å². The molecule has 1 aliphatic heterocycles. The Bertz CT molecular complexity index is 825. The van der Waals surface area contributed by atoms with E-state index in [-0.39, 0.29) is 24.4 Å². The Kier molecular flexibility index (Phi) is 7.53. The van der Waals surface area contributed by atoms with Gasteiger partial charge in [0.15, 0.2) is 6.61 Å². The predicted octanol–water partition coefficient (Wildman–Crippen LogP) is -0.267. The first-order valence-electron chi connectivity index (χ1n) is 8.86. The second-order valence-corrected chi connectivity index (χ2v) is 8.57. The van der Waals surface area contributed by atoms with Gasteiger partial charge in [0.1, 0.15) is 6.04 Å². The average molecular weight is 414 g/mol. The van der Waals surface area contributed by atoms with Gasteiger partial charge in [-0.25, -0.2) is 8.42 Å². The lowest BCUT2D eigenvalue weighted by atomic mass is 10.1. The van der Waals surface area contributed by atoms with Crippen molar-refractivity contribution >= 4 is 21.9 Å². The minimum Gasteiger partial charge on any atom is -0.454 e. The van der Waals surface area contributed by atoms with E-state index in [0.29, 0.717) is 6.61 Å². The lowest BCUT2D eigenvalue weighted by Gasteiger charge is -2.22. The van der Waals surface area contributed by atoms with Gasteiger partial charge < -0.3 is 19.9 Å². The molecule has 0 bridgehead atoms. The minimum atomic E-state index is -4.01. The van der Waals surface area contributed by atoms with E-state index in [4.69, 9.17) is 9.47 Å². The first-order chi connectivity index (χ1) is 13.2. The number of hydrogen-bond acceptors (Lipinski definition) is 7. The average Bonchev–Trinajstić information content (AvgIpc) is 3.05. The molecule has 1 aromatic carbocycles. The van der Waals surface area contributed by atoms with Crippen LogP contribution in [0.3, 0.4) is 0 Å². The van der Waals surface area contributed by atoms with Crippen LogP contribution in [0, 0.1) is 13.8 Å². The maximum absolute atomic E-state index is 13.0. The summed E-state index contributed by atoms with van der Waals surface area (Å²) in [6.07, 6.45) is -1.08. The molecule has 1 aromatic rings. The maximum Gasteiger partial charge on any atom is 0.325 e. The third-order valence-corrected chi connectivity index (χ3v) is 6.44. The number of carbonyl (C=O) groups is 2. The van der Waals surface area contributed by atoms with Crippen LogP contribution < -0.4 is 5.32 Å². The number of benzene rings is 1. The number of β-amino-alcohol motifs (C(OH)–C–C–N with tert-alkyl or cyclic N) is 1. The van der Waals surface area contributed by atoms with Crippen LogP contribution in [-0.2, 0) is 29.1 Å². The molecule has 1 unspecified atom stereocenters. The Hall–Kier alpha value is -2.01. The number of aliphatic hydroxyl groups excluding tert-OH is 1. The highest BCUT2D eigenvalue weighted by molar-refractivity contribution is 7.89. The molecular weight excluding hydrogens is 388 g/mol. The zero-order valence-electron chi connectivity index (χ0n) is 16.2. The largest absolute Gasteiger partial charge is 0.454 e. The van der Waals surface area contributed by atoms with E-state index in [2.05, 4.69) is 5.32 Å². The Morgan fingerprint density at radius 1 is 1.29 bits per heavy atom. The lowest BCUT2D eigenvalue weighted by molar-refractivity contribution is -0.151. The topological polar surface area (TPSA) is 122 Å². The summed E-state index contributed by atoms with van der Waals surface area (Å²) in [6, 6.07) is 3.50. The summed E-state index contributed by atoms with van der Waals surface area (Å²) in [5.74, 6) is -1.39. The van der Waals surface area contributed by atoms with Crippen LogP contribution in [0.2, 0.25) is 0 Å². The molecule has 0 spiro atoms. The van der Waals surface area contributed by atoms with Crippen molar-refractivity contribution < 1.29 is 32.6 Å². The van der Waals surface area contributed by atoms with Gasteiger partial charge in [0, 0.05) is 26.6 Å². The van der Waals surface area contributed by atoms with E-state index in [1.165, 1.54) is 19.2 Å². The highest BCUT2D eigenvalue weighted by Gasteiger charge is 2.44. The number of carbonyl (C=O) groups excluding carboxylic acids is 2. The lowest BCUT2D eigenvalue weighted by Crippen LogP contribution is -2.42. The second kappa shape index (κ2) is 9.46. The number of hydrogen-bond donors (Lipinski definition) is 2. The Morgan fingerprint density at radius 3 is 2.64 bits per heavy atom. The van der Waals surface area contributed by atoms with Crippen LogP contribution in [-0.4, -0.2) is 75.3 Å². The van der Waals surface area contributed by atoms with Crippen LogP contribution in [0.15, 0.2) is 23.1 Å². The summed E-state index contributed by atoms with van der Waals surface area (Å²) in [4.78, 5) is 24.1. The normalized spacial score (nSPS) is 20.1. The number of esters is 1. The number of amides is 1. The van der Waals surface area contributed by atoms with Crippen LogP contribution in [0.1, 0.15) is 17.5 Å². The summed E-state index contributed by atoms with van der Waals surface area (Å²) in [5, 5.41) is 12.4. The summed E-state index contributed by atoms with van der Waals surface area (Å²) in [6.45, 7) is 3.49. The molecule has 1 fully saturated rings. The number of aliphatic hydroxyl groups is 1. The quantitative estimate of drug-likeness (QED) is 0.444. The van der Waals surface area contributed by atoms with Gasteiger partial charge in [0.25, 0.3) is 5.91 Å². The van der Waals surface area contributed by atoms with Crippen molar-refractivity contribution in [2.24, 2.45) is 0 Å². The molecule has 1 aliphatic rings. The standard InChI is InChI=1S/C18H26N2O7S/c1-12-4-5-15(8-13(12)2)28(24,25)20-10-14(21)9-16(20)18(23)27-11-17(22)19-6-7-26-3/h4-5,8,14,16,21H,6-7,9-11H2,1-3H3,(H,19,22)/t14?,16-/m0/s1. The predicted molar refractivity (Wildman–Crippen MR) is 100 cm³/mol. The number of nitrogens with zero attached hydrogens (tertiary/aromatic N) is 1. The first kappa shape index (κ1) is 22.3. The third kappa shape index (κ3) is 5.28. The van der Waals surface area contributed by atoms with Crippen molar-refractivity contribution in [3.05, 3.63) is 29.3 Å². The fraction of sp³-hybridized carbons (Fsp3) is 0.556. The van der Waals surface area contributed by atoms with Gasteiger partial charge in [-0.05, 0) is 37.1 Å². The molecule has 9 nitrogen and oxygen atoms in total. The van der Waals surface area contributed by atoms with Gasteiger partial charge in [0.2, 0.25) is 10.0 Å². The zero-order chi connectivity index (χ0) is 20.9. The smallest absolute Gasteiger partial charge is 0.325 e. The summed E-state index contributed by atoms with van der Waals surface area (Å²) in [5.41, 5.74) is 1.74. The van der Waals surface area contributed by atoms with Gasteiger partial charge in [-0.3, -0.25) is 9.59 Å². The molecule has 0 aliphatic carbocycles. The van der Waals surface area contributed by atoms with Crippen molar-refractivity contribution in [1.82, 2.24) is 9.62 Å². The van der Waals surface area contributed by atoms with E-state index in [1.54, 1.807) is 13.0 Å². The molecule has 1 amide bonds. The molecular formula is C18H26N2O7S. The summed E-state index contributed by atoms with van der Waals surface area (Å²) < 4.78 is 36.7. The monoisotopic (exact) mass is 414 g/mol. The molecule has 0 aromatic heterocycles. The molecule has 2 rings (SSSR count). The SMILES string of the molecule is COCCNC(=O)COC(=O)[C@@H]1CC(O)CN1S(=O)(=O)c1ccc(C)c(C)c1. The molecule has 156 valence electrons. The molecule has 0 radical (unpaired) electrons. The Morgan fingerprint density at radius 2 is 2.00 bits per heavy atom. The fourth-order valence-corrected chi connectivity index (χ4v) is 4.56. The van der Waals surface area contributed by atoms with Crippen molar-refractivity contribution in [2.75, 3.05) is 33.4 Å². The van der Waals surface area contributed by atoms with Crippen molar-refractivity contribution in [1.29, 1.82) is 0 Å². The maximum atomic E-state index is 13.0. The highest BCUT2D eigenvalue weighted by Crippen LogP contribution is 2.28. The molecule has 0 saturated carbocycles. The van der Waals surface area contributed by atoms with Crippen LogP contribution in [0.5, 0.6) is 0 Å². The first-order valence-corrected chi connectivity index (χ1v) is 10.3. The van der Waals surface area contributed by atoms with Crippen LogP contribution >= 0.6 is 0 Å².